The maximum absolute atomic E-state index is 12.4. The van der Waals surface area contributed by atoms with E-state index in [1.807, 2.05) is 13.8 Å². The van der Waals surface area contributed by atoms with Gasteiger partial charge < -0.3 is 20.4 Å². The molecule has 2 rings (SSSR count). The van der Waals surface area contributed by atoms with Gasteiger partial charge in [-0.15, -0.1) is 12.4 Å². The number of piperazine rings is 1. The van der Waals surface area contributed by atoms with Crippen LogP contribution in [0.1, 0.15) is 33.1 Å². The molecule has 6 nitrogen and oxygen atoms in total. The zero-order valence-electron chi connectivity index (χ0n) is 14.3. The molecular weight excluding hydrogens is 316 g/mol. The summed E-state index contributed by atoms with van der Waals surface area (Å²) < 4.78 is 0. The van der Waals surface area contributed by atoms with Crippen molar-refractivity contribution in [1.82, 2.24) is 20.4 Å². The van der Waals surface area contributed by atoms with Gasteiger partial charge in [0, 0.05) is 45.7 Å². The fraction of sp³-hybridized carbons (Fsp3) is 0.875. The van der Waals surface area contributed by atoms with E-state index in [4.69, 9.17) is 0 Å². The van der Waals surface area contributed by atoms with Gasteiger partial charge in [0.15, 0.2) is 0 Å². The molecule has 134 valence electrons. The molecule has 2 amide bonds. The predicted molar refractivity (Wildman–Crippen MR) is 93.8 cm³/mol. The van der Waals surface area contributed by atoms with Gasteiger partial charge in [-0.05, 0) is 25.3 Å². The smallest absolute Gasteiger partial charge is 0.243 e. The van der Waals surface area contributed by atoms with Gasteiger partial charge in [0.05, 0.1) is 0 Å². The third-order valence-corrected chi connectivity index (χ3v) is 4.51. The van der Waals surface area contributed by atoms with E-state index in [0.29, 0.717) is 13.0 Å². The fourth-order valence-corrected chi connectivity index (χ4v) is 3.32. The summed E-state index contributed by atoms with van der Waals surface area (Å²) in [6.07, 6.45) is 2.42. The summed E-state index contributed by atoms with van der Waals surface area (Å²) >= 11 is 0. The van der Waals surface area contributed by atoms with E-state index < -0.39 is 0 Å². The molecule has 0 aliphatic carbocycles. The Labute approximate surface area is 145 Å². The molecule has 0 aromatic heterocycles. The number of carbonyl (C=O) groups is 2. The first-order chi connectivity index (χ1) is 10.6. The number of amides is 2. The van der Waals surface area contributed by atoms with Crippen LogP contribution in [-0.4, -0.2) is 73.5 Å². The molecule has 2 fully saturated rings. The van der Waals surface area contributed by atoms with Crippen LogP contribution in [-0.2, 0) is 9.59 Å². The first-order valence-electron chi connectivity index (χ1n) is 8.60. The van der Waals surface area contributed by atoms with Crippen molar-refractivity contribution >= 4 is 24.2 Å². The molecular formula is C16H31ClN4O2. The Bertz CT molecular complexity index is 386. The molecule has 7 heteroatoms. The summed E-state index contributed by atoms with van der Waals surface area (Å²) in [5, 5.41) is 6.36. The average Bonchev–Trinajstić information content (AvgIpc) is 2.91. The average molecular weight is 347 g/mol. The van der Waals surface area contributed by atoms with Gasteiger partial charge in [0.25, 0.3) is 0 Å². The highest BCUT2D eigenvalue weighted by molar-refractivity contribution is 5.88. The molecule has 2 aliphatic rings. The molecule has 0 aromatic carbocycles. The van der Waals surface area contributed by atoms with Crippen LogP contribution in [0, 0.1) is 5.92 Å². The largest absolute Gasteiger partial charge is 0.354 e. The number of hydrogen-bond donors (Lipinski definition) is 2. The number of nitrogens with zero attached hydrogens (tertiary/aromatic N) is 2. The van der Waals surface area contributed by atoms with E-state index in [9.17, 15) is 9.59 Å². The van der Waals surface area contributed by atoms with Gasteiger partial charge in [-0.1, -0.05) is 13.8 Å². The van der Waals surface area contributed by atoms with Crippen molar-refractivity contribution in [1.29, 1.82) is 0 Å². The number of likely N-dealkylation sites (tertiary alicyclic amines) is 1. The maximum Gasteiger partial charge on any atom is 0.243 e. The number of rotatable bonds is 7. The maximum atomic E-state index is 12.4. The highest BCUT2D eigenvalue weighted by atomic mass is 35.5. The van der Waals surface area contributed by atoms with Crippen molar-refractivity contribution < 1.29 is 9.59 Å². The van der Waals surface area contributed by atoms with E-state index in [-0.39, 0.29) is 36.2 Å². The fourth-order valence-electron chi connectivity index (χ4n) is 3.32. The van der Waals surface area contributed by atoms with Crippen LogP contribution in [0.5, 0.6) is 0 Å². The highest BCUT2D eigenvalue weighted by Gasteiger charge is 2.34. The third-order valence-electron chi connectivity index (χ3n) is 4.51. The third kappa shape index (κ3) is 5.94. The second kappa shape index (κ2) is 10.1. The minimum atomic E-state index is -0.311. The number of halogens is 1. The second-order valence-corrected chi connectivity index (χ2v) is 6.62. The Morgan fingerprint density at radius 1 is 1.26 bits per heavy atom. The van der Waals surface area contributed by atoms with Gasteiger partial charge in [-0.25, -0.2) is 0 Å². The Balaban J connectivity index is 0.00000264. The van der Waals surface area contributed by atoms with Crippen LogP contribution in [0.25, 0.3) is 0 Å². The lowest BCUT2D eigenvalue weighted by atomic mass is 10.0. The lowest BCUT2D eigenvalue weighted by Gasteiger charge is -2.30. The first-order valence-corrected chi connectivity index (χ1v) is 8.60. The van der Waals surface area contributed by atoms with Crippen molar-refractivity contribution in [3.05, 3.63) is 0 Å². The minimum absolute atomic E-state index is 0. The summed E-state index contributed by atoms with van der Waals surface area (Å²) in [5.74, 6) is 0.274. The Hall–Kier alpha value is -0.850. The van der Waals surface area contributed by atoms with Gasteiger partial charge in [0.1, 0.15) is 6.04 Å². The topological polar surface area (TPSA) is 64.7 Å². The van der Waals surface area contributed by atoms with Crippen LogP contribution < -0.4 is 10.6 Å². The van der Waals surface area contributed by atoms with E-state index in [1.54, 1.807) is 4.90 Å². The SMILES string of the molecule is CC(C)C(C(=O)NCCCN1CCNCC1)N1CCCC1=O.Cl. The van der Waals surface area contributed by atoms with Crippen LogP contribution >= 0.6 is 12.4 Å². The van der Waals surface area contributed by atoms with E-state index >= 15 is 0 Å². The predicted octanol–water partition coefficient (Wildman–Crippen LogP) is 0.467. The lowest BCUT2D eigenvalue weighted by Crippen LogP contribution is -2.51. The van der Waals surface area contributed by atoms with Crippen molar-refractivity contribution in [2.75, 3.05) is 45.8 Å². The Kier molecular flexibility index (Phi) is 8.87. The molecule has 0 saturated carbocycles. The number of carbonyl (C=O) groups excluding carboxylic acids is 2. The first kappa shape index (κ1) is 20.2. The quantitative estimate of drug-likeness (QED) is 0.658. The Morgan fingerprint density at radius 2 is 1.96 bits per heavy atom. The van der Waals surface area contributed by atoms with Gasteiger partial charge >= 0.3 is 0 Å². The van der Waals surface area contributed by atoms with Crippen molar-refractivity contribution in [3.8, 4) is 0 Å². The molecule has 1 unspecified atom stereocenters. The van der Waals surface area contributed by atoms with Gasteiger partial charge in [-0.2, -0.15) is 0 Å². The zero-order valence-corrected chi connectivity index (χ0v) is 15.2. The van der Waals surface area contributed by atoms with Crippen LogP contribution in [0.3, 0.4) is 0 Å². The Morgan fingerprint density at radius 3 is 2.52 bits per heavy atom. The summed E-state index contributed by atoms with van der Waals surface area (Å²) in [6.45, 7) is 10.7. The molecule has 2 saturated heterocycles. The molecule has 2 heterocycles. The minimum Gasteiger partial charge on any atom is -0.354 e. The van der Waals surface area contributed by atoms with Crippen molar-refractivity contribution in [3.63, 3.8) is 0 Å². The van der Waals surface area contributed by atoms with Crippen LogP contribution in [0.4, 0.5) is 0 Å². The van der Waals surface area contributed by atoms with E-state index in [0.717, 1.165) is 52.1 Å². The molecule has 0 aromatic rings. The summed E-state index contributed by atoms with van der Waals surface area (Å²) in [4.78, 5) is 28.5. The zero-order chi connectivity index (χ0) is 15.9. The molecule has 0 radical (unpaired) electrons. The van der Waals surface area contributed by atoms with E-state index in [2.05, 4.69) is 15.5 Å². The number of nitrogens with one attached hydrogen (secondary N) is 2. The van der Waals surface area contributed by atoms with Gasteiger partial charge in [0.2, 0.25) is 11.8 Å². The number of hydrogen-bond acceptors (Lipinski definition) is 4. The second-order valence-electron chi connectivity index (χ2n) is 6.62. The molecule has 2 aliphatic heterocycles. The van der Waals surface area contributed by atoms with Crippen molar-refractivity contribution in [2.24, 2.45) is 5.92 Å². The van der Waals surface area contributed by atoms with E-state index in [1.165, 1.54) is 0 Å². The van der Waals surface area contributed by atoms with Crippen LogP contribution in [0.15, 0.2) is 0 Å². The van der Waals surface area contributed by atoms with Crippen LogP contribution in [0.2, 0.25) is 0 Å². The standard InChI is InChI=1S/C16H30N4O2.ClH/c1-13(2)15(20-10-3-5-14(20)21)16(22)18-6-4-9-19-11-7-17-8-12-19;/h13,15,17H,3-12H2,1-2H3,(H,18,22);1H. The molecule has 23 heavy (non-hydrogen) atoms. The monoisotopic (exact) mass is 346 g/mol. The molecule has 1 atom stereocenters. The summed E-state index contributed by atoms with van der Waals surface area (Å²) in [6, 6.07) is -0.311. The lowest BCUT2D eigenvalue weighted by molar-refractivity contribution is -0.139. The highest BCUT2D eigenvalue weighted by Crippen LogP contribution is 2.19. The molecule has 2 N–H and O–H groups in total. The normalized spacial score (nSPS) is 20.5. The molecule has 0 spiro atoms. The summed E-state index contributed by atoms with van der Waals surface area (Å²) in [5.41, 5.74) is 0. The van der Waals surface area contributed by atoms with Gasteiger partial charge in [-0.3, -0.25) is 9.59 Å². The summed E-state index contributed by atoms with van der Waals surface area (Å²) in [7, 11) is 0. The van der Waals surface area contributed by atoms with Crippen molar-refractivity contribution in [2.45, 2.75) is 39.2 Å². The molecule has 0 bridgehead atoms.